The predicted octanol–water partition coefficient (Wildman–Crippen LogP) is 2.70. The molecule has 106 valence electrons. The summed E-state index contributed by atoms with van der Waals surface area (Å²) in [6.45, 7) is 5.28. The molecule has 0 aromatic heterocycles. The molecule has 0 aliphatic carbocycles. The molecule has 4 nitrogen and oxygen atoms in total. The predicted molar refractivity (Wildman–Crippen MR) is 79.4 cm³/mol. The first-order chi connectivity index (χ1) is 9.40. The third kappa shape index (κ3) is 2.93. The molecule has 0 fully saturated rings. The molecule has 1 aliphatic heterocycles. The highest BCUT2D eigenvalue weighted by Gasteiger charge is 2.30. The van der Waals surface area contributed by atoms with E-state index in [0.29, 0.717) is 18.5 Å². The number of hydrogen-bond donors (Lipinski definition) is 0. The van der Waals surface area contributed by atoms with E-state index in [1.54, 1.807) is 17.0 Å². The largest absolute Gasteiger partial charge is 0.310 e. The van der Waals surface area contributed by atoms with Crippen LogP contribution in [0.25, 0.3) is 0 Å². The topological polar surface area (TPSA) is 54.5 Å². The molecule has 20 heavy (non-hydrogen) atoms. The summed E-state index contributed by atoms with van der Waals surface area (Å²) in [5.41, 5.74) is 1.44. The van der Waals surface area contributed by atoms with Crippen LogP contribution in [0.4, 0.5) is 5.69 Å². The fourth-order valence-corrected chi connectivity index (χ4v) is 3.23. The first kappa shape index (κ1) is 14.8. The van der Waals surface area contributed by atoms with Crippen molar-refractivity contribution in [3.63, 3.8) is 0 Å². The minimum Gasteiger partial charge on any atom is -0.310 e. The Kier molecular flexibility index (Phi) is 4.28. The molecule has 1 unspecified atom stereocenters. The van der Waals surface area contributed by atoms with Crippen molar-refractivity contribution in [2.75, 3.05) is 11.4 Å². The molecule has 1 amide bonds. The summed E-state index contributed by atoms with van der Waals surface area (Å²) in [6.07, 6.45) is 0.344. The van der Waals surface area contributed by atoms with E-state index >= 15 is 0 Å². The molecule has 0 N–H and O–H groups in total. The van der Waals surface area contributed by atoms with Crippen molar-refractivity contribution in [3.8, 4) is 0 Å². The number of amides is 1. The Bertz CT molecular complexity index is 582. The third-order valence-corrected chi connectivity index (χ3v) is 4.40. The second-order valence-corrected chi connectivity index (χ2v) is 6.32. The zero-order valence-electron chi connectivity index (χ0n) is 11.8. The van der Waals surface area contributed by atoms with Crippen LogP contribution in [0.5, 0.6) is 0 Å². The minimum atomic E-state index is -0.198. The number of anilines is 1. The Hall–Kier alpha value is -1.62. The molecule has 0 bridgehead atoms. The van der Waals surface area contributed by atoms with Crippen molar-refractivity contribution in [3.05, 3.63) is 23.8 Å². The van der Waals surface area contributed by atoms with Gasteiger partial charge in [-0.05, 0) is 39.0 Å². The van der Waals surface area contributed by atoms with Crippen LogP contribution in [-0.2, 0) is 9.59 Å². The number of nitrogens with zero attached hydrogens (tertiary/aromatic N) is 1. The lowest BCUT2D eigenvalue weighted by Gasteiger charge is -2.32. The number of carbonyl (C=O) groups is 3. The number of ketones is 2. The lowest BCUT2D eigenvalue weighted by molar-refractivity contribution is -0.118. The maximum absolute atomic E-state index is 12.2. The Morgan fingerprint density at radius 2 is 2.00 bits per heavy atom. The lowest BCUT2D eigenvalue weighted by atomic mass is 10.1. The SMILES string of the molecule is CC(=O)CCN1C(=O)C(C)Sc2cc(C(C)=O)ccc21. The molecule has 5 heteroatoms. The summed E-state index contributed by atoms with van der Waals surface area (Å²) in [5, 5.41) is -0.198. The minimum absolute atomic E-state index is 0.00763. The first-order valence-electron chi connectivity index (χ1n) is 6.52. The van der Waals surface area contributed by atoms with Gasteiger partial charge in [0.1, 0.15) is 5.78 Å². The van der Waals surface area contributed by atoms with Gasteiger partial charge in [-0.1, -0.05) is 0 Å². The molecule has 0 radical (unpaired) electrons. The van der Waals surface area contributed by atoms with E-state index < -0.39 is 0 Å². The van der Waals surface area contributed by atoms with Crippen LogP contribution in [0.1, 0.15) is 37.6 Å². The maximum Gasteiger partial charge on any atom is 0.240 e. The van der Waals surface area contributed by atoms with Gasteiger partial charge in [-0.25, -0.2) is 0 Å². The van der Waals surface area contributed by atoms with Gasteiger partial charge in [0.05, 0.1) is 10.9 Å². The highest BCUT2D eigenvalue weighted by atomic mass is 32.2. The second kappa shape index (κ2) is 5.79. The van der Waals surface area contributed by atoms with Crippen molar-refractivity contribution in [1.29, 1.82) is 0 Å². The number of fused-ring (bicyclic) bond motifs is 1. The molecule has 1 atom stereocenters. The molecule has 1 aliphatic rings. The number of benzene rings is 1. The van der Waals surface area contributed by atoms with E-state index in [1.807, 2.05) is 13.0 Å². The van der Waals surface area contributed by atoms with Crippen LogP contribution in [0.2, 0.25) is 0 Å². The first-order valence-corrected chi connectivity index (χ1v) is 7.40. The van der Waals surface area contributed by atoms with Crippen LogP contribution in [0.3, 0.4) is 0 Å². The van der Waals surface area contributed by atoms with E-state index in [9.17, 15) is 14.4 Å². The van der Waals surface area contributed by atoms with Crippen molar-refractivity contribution < 1.29 is 14.4 Å². The van der Waals surface area contributed by atoms with Crippen LogP contribution in [0, 0.1) is 0 Å². The molecule has 1 heterocycles. The molecule has 1 aromatic rings. The van der Waals surface area contributed by atoms with Gasteiger partial charge >= 0.3 is 0 Å². The second-order valence-electron chi connectivity index (χ2n) is 4.94. The van der Waals surface area contributed by atoms with E-state index in [-0.39, 0.29) is 22.7 Å². The number of Topliss-reactive ketones (excluding diaryl/α,β-unsaturated/α-hetero) is 2. The zero-order valence-corrected chi connectivity index (χ0v) is 12.6. The monoisotopic (exact) mass is 291 g/mol. The summed E-state index contributed by atoms with van der Waals surface area (Å²) >= 11 is 1.46. The molecular formula is C15H17NO3S. The van der Waals surface area contributed by atoms with Crippen LogP contribution < -0.4 is 4.90 Å². The standard InChI is InChI=1S/C15H17NO3S/c1-9(17)6-7-16-13-5-4-12(10(2)18)8-14(13)20-11(3)15(16)19/h4-5,8,11H,6-7H2,1-3H3. The molecule has 2 rings (SSSR count). The summed E-state index contributed by atoms with van der Waals surface area (Å²) in [6, 6.07) is 5.35. The van der Waals surface area contributed by atoms with Crippen molar-refractivity contribution in [2.24, 2.45) is 0 Å². The molecular weight excluding hydrogens is 274 g/mol. The van der Waals surface area contributed by atoms with Crippen molar-refractivity contribution in [2.45, 2.75) is 37.3 Å². The van der Waals surface area contributed by atoms with Gasteiger partial charge in [0.2, 0.25) is 5.91 Å². The van der Waals surface area contributed by atoms with E-state index in [1.165, 1.54) is 25.6 Å². The Morgan fingerprint density at radius 1 is 1.30 bits per heavy atom. The smallest absolute Gasteiger partial charge is 0.240 e. The fraction of sp³-hybridized carbons (Fsp3) is 0.400. The van der Waals surface area contributed by atoms with Gasteiger partial charge < -0.3 is 4.90 Å². The van der Waals surface area contributed by atoms with Gasteiger partial charge in [-0.3, -0.25) is 14.4 Å². The van der Waals surface area contributed by atoms with E-state index in [2.05, 4.69) is 0 Å². The fourth-order valence-electron chi connectivity index (χ4n) is 2.13. The Balaban J connectivity index is 2.37. The maximum atomic E-state index is 12.2. The normalized spacial score (nSPS) is 17.9. The zero-order chi connectivity index (χ0) is 14.9. The van der Waals surface area contributed by atoms with Gasteiger partial charge in [0.15, 0.2) is 5.78 Å². The third-order valence-electron chi connectivity index (χ3n) is 3.26. The molecule has 1 aromatic carbocycles. The highest BCUT2D eigenvalue weighted by Crippen LogP contribution is 2.39. The quantitative estimate of drug-likeness (QED) is 0.800. The average Bonchev–Trinajstić information content (AvgIpc) is 2.38. The van der Waals surface area contributed by atoms with Gasteiger partial charge in [-0.2, -0.15) is 0 Å². The number of hydrogen-bond acceptors (Lipinski definition) is 4. The number of thioether (sulfide) groups is 1. The molecule has 0 saturated carbocycles. The Morgan fingerprint density at radius 3 is 2.60 bits per heavy atom. The molecule has 0 saturated heterocycles. The lowest BCUT2D eigenvalue weighted by Crippen LogP contribution is -2.40. The highest BCUT2D eigenvalue weighted by molar-refractivity contribution is 8.01. The summed E-state index contributed by atoms with van der Waals surface area (Å²) < 4.78 is 0. The summed E-state index contributed by atoms with van der Waals surface area (Å²) in [4.78, 5) is 37.4. The molecule has 0 spiro atoms. The van der Waals surface area contributed by atoms with E-state index in [4.69, 9.17) is 0 Å². The van der Waals surface area contributed by atoms with E-state index in [0.717, 1.165) is 10.6 Å². The van der Waals surface area contributed by atoms with Crippen molar-refractivity contribution in [1.82, 2.24) is 0 Å². The van der Waals surface area contributed by atoms with Crippen LogP contribution >= 0.6 is 11.8 Å². The van der Waals surface area contributed by atoms with Gasteiger partial charge in [-0.15, -0.1) is 11.8 Å². The van der Waals surface area contributed by atoms with Crippen LogP contribution in [-0.4, -0.2) is 29.3 Å². The number of rotatable bonds is 4. The van der Waals surface area contributed by atoms with Gasteiger partial charge in [0, 0.05) is 23.4 Å². The summed E-state index contributed by atoms with van der Waals surface area (Å²) in [7, 11) is 0. The van der Waals surface area contributed by atoms with Crippen LogP contribution in [0.15, 0.2) is 23.1 Å². The number of carbonyl (C=O) groups excluding carboxylic acids is 3. The Labute approximate surface area is 122 Å². The van der Waals surface area contributed by atoms with Gasteiger partial charge in [0.25, 0.3) is 0 Å². The van der Waals surface area contributed by atoms with Crippen molar-refractivity contribution >= 4 is 34.9 Å². The summed E-state index contributed by atoms with van der Waals surface area (Å²) in [5.74, 6) is 0.0816. The average molecular weight is 291 g/mol.